The van der Waals surface area contributed by atoms with E-state index in [1.54, 1.807) is 0 Å². The molecule has 3 heteroatoms. The van der Waals surface area contributed by atoms with Crippen LogP contribution >= 0.6 is 0 Å². The molecule has 0 bridgehead atoms. The number of rotatable bonds is 1. The minimum Gasteiger partial charge on any atom is -0.393 e. The Labute approximate surface area is 86.0 Å². The minimum absolute atomic E-state index is 0.118. The maximum atomic E-state index is 9.38. The molecule has 1 aliphatic heterocycles. The van der Waals surface area contributed by atoms with Crippen LogP contribution in [0, 0.1) is 0 Å². The number of nitrogens with zero attached hydrogens (tertiary/aromatic N) is 1. The molecule has 0 saturated carbocycles. The summed E-state index contributed by atoms with van der Waals surface area (Å²) in [5, 5.41) is 9.38. The lowest BCUT2D eigenvalue weighted by Gasteiger charge is -2.31. The summed E-state index contributed by atoms with van der Waals surface area (Å²) in [7, 11) is 5.72. The molecule has 0 spiro atoms. The summed E-state index contributed by atoms with van der Waals surface area (Å²) in [5.41, 5.74) is 1.96. The van der Waals surface area contributed by atoms with Crippen molar-refractivity contribution in [3.8, 4) is 0 Å². The van der Waals surface area contributed by atoms with E-state index in [-0.39, 0.29) is 6.10 Å². The average Bonchev–Trinajstić information content (AvgIpc) is 2.19. The van der Waals surface area contributed by atoms with Crippen LogP contribution < -0.4 is 10.4 Å². The highest BCUT2D eigenvalue weighted by Crippen LogP contribution is 2.18. The van der Waals surface area contributed by atoms with Gasteiger partial charge in [-0.3, -0.25) is 0 Å². The number of anilines is 1. The summed E-state index contributed by atoms with van der Waals surface area (Å²) in [6, 6.07) is 7.91. The number of piperidine rings is 1. The summed E-state index contributed by atoms with van der Waals surface area (Å²) in [5.74, 6) is 0. The lowest BCUT2D eigenvalue weighted by molar-refractivity contribution is 0.145. The van der Waals surface area contributed by atoms with Gasteiger partial charge in [-0.15, -0.1) is 0 Å². The zero-order chi connectivity index (χ0) is 9.97. The first-order valence-electron chi connectivity index (χ1n) is 5.04. The van der Waals surface area contributed by atoms with Crippen molar-refractivity contribution in [1.82, 2.24) is 0 Å². The Kier molecular flexibility index (Phi) is 2.78. The van der Waals surface area contributed by atoms with Gasteiger partial charge in [0, 0.05) is 18.8 Å². The zero-order valence-corrected chi connectivity index (χ0v) is 8.19. The Morgan fingerprint density at radius 1 is 1.29 bits per heavy atom. The molecule has 0 atom stereocenters. The van der Waals surface area contributed by atoms with E-state index in [2.05, 4.69) is 11.0 Å². The summed E-state index contributed by atoms with van der Waals surface area (Å²) < 4.78 is 0. The Bertz CT molecular complexity index is 308. The predicted molar refractivity (Wildman–Crippen MR) is 59.3 cm³/mol. The Hall–Kier alpha value is -0.955. The smallest absolute Gasteiger partial charge is 0.113 e. The SMILES string of the molecule is [B]c1cccc(N2CCC(O)CC2)c1. The molecular weight excluding hydrogens is 173 g/mol. The predicted octanol–water partition coefficient (Wildman–Crippen LogP) is 0.441. The molecule has 1 aliphatic rings. The molecule has 2 radical (unpaired) electrons. The second-order valence-corrected chi connectivity index (χ2v) is 3.81. The van der Waals surface area contributed by atoms with Crippen molar-refractivity contribution in [3.63, 3.8) is 0 Å². The highest BCUT2D eigenvalue weighted by molar-refractivity contribution is 6.32. The third kappa shape index (κ3) is 2.10. The molecule has 2 nitrogen and oxygen atoms in total. The van der Waals surface area contributed by atoms with Crippen LogP contribution in [0.5, 0.6) is 0 Å². The second-order valence-electron chi connectivity index (χ2n) is 3.81. The van der Waals surface area contributed by atoms with Gasteiger partial charge in [0.25, 0.3) is 0 Å². The third-order valence-corrected chi connectivity index (χ3v) is 2.70. The van der Waals surface area contributed by atoms with Gasteiger partial charge in [-0.05, 0) is 25.0 Å². The molecule has 1 aromatic rings. The molecule has 72 valence electrons. The number of benzene rings is 1. The number of aliphatic hydroxyl groups excluding tert-OH is 1. The summed E-state index contributed by atoms with van der Waals surface area (Å²) >= 11 is 0. The fourth-order valence-electron chi connectivity index (χ4n) is 1.85. The standard InChI is InChI=1S/C11H14BNO/c12-9-2-1-3-10(8-9)13-6-4-11(14)5-7-13/h1-3,8,11,14H,4-7H2. The van der Waals surface area contributed by atoms with Crippen LogP contribution in [0.2, 0.25) is 0 Å². The summed E-state index contributed by atoms with van der Waals surface area (Å²) in [4.78, 5) is 2.27. The van der Waals surface area contributed by atoms with E-state index in [1.807, 2.05) is 18.2 Å². The van der Waals surface area contributed by atoms with Crippen LogP contribution in [0.15, 0.2) is 24.3 Å². The van der Waals surface area contributed by atoms with E-state index in [1.165, 1.54) is 0 Å². The normalized spacial score (nSPS) is 18.5. The van der Waals surface area contributed by atoms with E-state index in [9.17, 15) is 5.11 Å². The van der Waals surface area contributed by atoms with Crippen LogP contribution in [0.1, 0.15) is 12.8 Å². The van der Waals surface area contributed by atoms with Crippen LogP contribution in [-0.4, -0.2) is 32.1 Å². The van der Waals surface area contributed by atoms with Crippen molar-refractivity contribution >= 4 is 19.0 Å². The first kappa shape index (κ1) is 9.59. The van der Waals surface area contributed by atoms with Gasteiger partial charge >= 0.3 is 0 Å². The maximum absolute atomic E-state index is 9.38. The van der Waals surface area contributed by atoms with Crippen LogP contribution in [0.25, 0.3) is 0 Å². The van der Waals surface area contributed by atoms with Crippen molar-refractivity contribution in [1.29, 1.82) is 0 Å². The van der Waals surface area contributed by atoms with Gasteiger partial charge in [-0.1, -0.05) is 17.6 Å². The van der Waals surface area contributed by atoms with Crippen molar-refractivity contribution in [2.24, 2.45) is 0 Å². The first-order chi connectivity index (χ1) is 6.75. The summed E-state index contributed by atoms with van der Waals surface area (Å²) in [6.45, 7) is 1.84. The minimum atomic E-state index is -0.118. The van der Waals surface area contributed by atoms with Crippen LogP contribution in [-0.2, 0) is 0 Å². The molecule has 14 heavy (non-hydrogen) atoms. The molecule has 2 rings (SSSR count). The highest BCUT2D eigenvalue weighted by Gasteiger charge is 2.16. The third-order valence-electron chi connectivity index (χ3n) is 2.70. The van der Waals surface area contributed by atoms with Gasteiger partial charge in [0.1, 0.15) is 7.85 Å². The molecule has 1 saturated heterocycles. The van der Waals surface area contributed by atoms with Crippen LogP contribution in [0.3, 0.4) is 0 Å². The van der Waals surface area contributed by atoms with E-state index in [0.29, 0.717) is 0 Å². The lowest BCUT2D eigenvalue weighted by atomic mass is 9.95. The molecule has 0 amide bonds. The Morgan fingerprint density at radius 2 is 2.00 bits per heavy atom. The van der Waals surface area contributed by atoms with E-state index < -0.39 is 0 Å². The molecule has 0 aliphatic carbocycles. The van der Waals surface area contributed by atoms with Gasteiger partial charge < -0.3 is 10.0 Å². The van der Waals surface area contributed by atoms with E-state index in [4.69, 9.17) is 7.85 Å². The van der Waals surface area contributed by atoms with Gasteiger partial charge in [0.15, 0.2) is 0 Å². The van der Waals surface area contributed by atoms with Gasteiger partial charge in [0.05, 0.1) is 6.10 Å². The fourth-order valence-corrected chi connectivity index (χ4v) is 1.85. The fraction of sp³-hybridized carbons (Fsp3) is 0.455. The van der Waals surface area contributed by atoms with Crippen molar-refractivity contribution in [2.75, 3.05) is 18.0 Å². The zero-order valence-electron chi connectivity index (χ0n) is 8.19. The average molecular weight is 187 g/mol. The summed E-state index contributed by atoms with van der Waals surface area (Å²) in [6.07, 6.45) is 1.59. The molecule has 0 unspecified atom stereocenters. The molecule has 1 aromatic carbocycles. The maximum Gasteiger partial charge on any atom is 0.113 e. The Balaban J connectivity index is 2.08. The Morgan fingerprint density at radius 3 is 2.64 bits per heavy atom. The number of hydrogen-bond acceptors (Lipinski definition) is 2. The van der Waals surface area contributed by atoms with Gasteiger partial charge in [-0.25, -0.2) is 0 Å². The van der Waals surface area contributed by atoms with Crippen LogP contribution in [0.4, 0.5) is 5.69 Å². The van der Waals surface area contributed by atoms with E-state index in [0.717, 1.165) is 37.1 Å². The lowest BCUT2D eigenvalue weighted by Crippen LogP contribution is -2.36. The number of hydrogen-bond donors (Lipinski definition) is 1. The second kappa shape index (κ2) is 4.05. The topological polar surface area (TPSA) is 23.5 Å². The van der Waals surface area contributed by atoms with Gasteiger partial charge in [-0.2, -0.15) is 0 Å². The monoisotopic (exact) mass is 187 g/mol. The molecule has 1 heterocycles. The molecule has 1 N–H and O–H groups in total. The highest BCUT2D eigenvalue weighted by atomic mass is 16.3. The molecular formula is C11H14BNO. The van der Waals surface area contributed by atoms with E-state index >= 15 is 0 Å². The van der Waals surface area contributed by atoms with Crippen molar-refractivity contribution in [2.45, 2.75) is 18.9 Å². The van der Waals surface area contributed by atoms with Gasteiger partial charge in [0.2, 0.25) is 0 Å². The molecule has 0 aromatic heterocycles. The largest absolute Gasteiger partial charge is 0.393 e. The quantitative estimate of drug-likeness (QED) is 0.645. The van der Waals surface area contributed by atoms with Crippen molar-refractivity contribution < 1.29 is 5.11 Å². The molecule has 1 fully saturated rings. The first-order valence-corrected chi connectivity index (χ1v) is 5.04. The van der Waals surface area contributed by atoms with Crippen molar-refractivity contribution in [3.05, 3.63) is 24.3 Å². The number of aliphatic hydroxyl groups is 1.